The Balaban J connectivity index is 2.25. The first-order valence-electron chi connectivity index (χ1n) is 6.45. The van der Waals surface area contributed by atoms with Crippen LogP contribution < -0.4 is 5.73 Å². The van der Waals surface area contributed by atoms with E-state index in [2.05, 4.69) is 39.0 Å². The van der Waals surface area contributed by atoms with Crippen LogP contribution in [0, 0.1) is 13.8 Å². The van der Waals surface area contributed by atoms with E-state index in [4.69, 9.17) is 5.73 Å². The second-order valence-electron chi connectivity index (χ2n) is 4.79. The predicted octanol–water partition coefficient (Wildman–Crippen LogP) is 2.93. The Hall–Kier alpha value is -1.20. The van der Waals surface area contributed by atoms with Gasteiger partial charge in [-0.05, 0) is 54.2 Å². The summed E-state index contributed by atoms with van der Waals surface area (Å²) in [6.45, 7) is 6.09. The number of hydrogen-bond acceptors (Lipinski definition) is 3. The molecule has 19 heavy (non-hydrogen) atoms. The van der Waals surface area contributed by atoms with Crippen LogP contribution in [0.15, 0.2) is 22.8 Å². The monoisotopic (exact) mass is 322 g/mol. The van der Waals surface area contributed by atoms with Crippen LogP contribution in [0.1, 0.15) is 30.3 Å². The fourth-order valence-corrected chi connectivity index (χ4v) is 2.20. The minimum Gasteiger partial charge on any atom is -0.327 e. The third-order valence-electron chi connectivity index (χ3n) is 3.25. The van der Waals surface area contributed by atoms with Crippen molar-refractivity contribution >= 4 is 15.9 Å². The zero-order chi connectivity index (χ0) is 14.0. The molecule has 0 radical (unpaired) electrons. The third-order valence-corrected chi connectivity index (χ3v) is 4.40. The van der Waals surface area contributed by atoms with Crippen LogP contribution in [0.25, 0.3) is 5.82 Å². The average molecular weight is 323 g/mol. The molecule has 1 atom stereocenters. The number of aromatic nitrogens is 3. The highest BCUT2D eigenvalue weighted by Crippen LogP contribution is 2.22. The van der Waals surface area contributed by atoms with Crippen molar-refractivity contribution in [3.8, 4) is 5.82 Å². The van der Waals surface area contributed by atoms with Crippen LogP contribution in [0.4, 0.5) is 0 Å². The lowest BCUT2D eigenvalue weighted by Crippen LogP contribution is -2.21. The number of halogens is 1. The largest absolute Gasteiger partial charge is 0.327 e. The second-order valence-corrected chi connectivity index (χ2v) is 5.59. The van der Waals surface area contributed by atoms with Crippen LogP contribution in [0.3, 0.4) is 0 Å². The van der Waals surface area contributed by atoms with Gasteiger partial charge in [0.15, 0.2) is 5.82 Å². The molecule has 0 aliphatic carbocycles. The van der Waals surface area contributed by atoms with Gasteiger partial charge < -0.3 is 5.73 Å². The Labute approximate surface area is 122 Å². The van der Waals surface area contributed by atoms with E-state index in [0.717, 1.165) is 34.5 Å². The minimum atomic E-state index is 0.204. The Bertz CT molecular complexity index is 560. The number of hydrogen-bond donors (Lipinski definition) is 1. The summed E-state index contributed by atoms with van der Waals surface area (Å²) in [7, 11) is 0. The van der Waals surface area contributed by atoms with Crippen molar-refractivity contribution in [3.63, 3.8) is 0 Å². The lowest BCUT2D eigenvalue weighted by Gasteiger charge is -2.09. The quantitative estimate of drug-likeness (QED) is 0.941. The Morgan fingerprint density at radius 3 is 2.58 bits per heavy atom. The highest BCUT2D eigenvalue weighted by molar-refractivity contribution is 9.10. The molecule has 0 spiro atoms. The molecular formula is C14H19BrN4. The summed E-state index contributed by atoms with van der Waals surface area (Å²) in [6.07, 6.45) is 3.73. The molecular weight excluding hydrogens is 304 g/mol. The van der Waals surface area contributed by atoms with Crippen molar-refractivity contribution in [2.75, 3.05) is 0 Å². The summed E-state index contributed by atoms with van der Waals surface area (Å²) in [5, 5.41) is 4.47. The standard InChI is InChI=1S/C14H19BrN4/c1-4-12(16)7-11-5-6-13(17-8-11)19-10(3)14(15)9(2)18-19/h5-6,8,12H,4,7,16H2,1-3H3. The van der Waals surface area contributed by atoms with Crippen LogP contribution >= 0.6 is 15.9 Å². The lowest BCUT2D eigenvalue weighted by atomic mass is 10.1. The van der Waals surface area contributed by atoms with Crippen molar-refractivity contribution in [1.29, 1.82) is 0 Å². The third kappa shape index (κ3) is 3.04. The number of aryl methyl sites for hydroxylation is 1. The van der Waals surface area contributed by atoms with E-state index in [1.165, 1.54) is 5.56 Å². The summed E-state index contributed by atoms with van der Waals surface area (Å²) >= 11 is 3.53. The van der Waals surface area contributed by atoms with Crippen LogP contribution in [0.2, 0.25) is 0 Å². The highest BCUT2D eigenvalue weighted by atomic mass is 79.9. The summed E-state index contributed by atoms with van der Waals surface area (Å²) in [5.74, 6) is 0.833. The molecule has 2 aromatic heterocycles. The number of rotatable bonds is 4. The van der Waals surface area contributed by atoms with E-state index in [0.29, 0.717) is 0 Å². The molecule has 0 amide bonds. The maximum Gasteiger partial charge on any atom is 0.153 e. The predicted molar refractivity (Wildman–Crippen MR) is 80.5 cm³/mol. The molecule has 2 aromatic rings. The first kappa shape index (κ1) is 14.2. The van der Waals surface area contributed by atoms with E-state index in [-0.39, 0.29) is 6.04 Å². The van der Waals surface area contributed by atoms with E-state index < -0.39 is 0 Å². The van der Waals surface area contributed by atoms with Gasteiger partial charge in [0.1, 0.15) is 0 Å². The van der Waals surface area contributed by atoms with Crippen molar-refractivity contribution < 1.29 is 0 Å². The van der Waals surface area contributed by atoms with E-state index in [9.17, 15) is 0 Å². The van der Waals surface area contributed by atoms with E-state index in [1.54, 1.807) is 0 Å². The molecule has 0 aliphatic rings. The molecule has 0 fully saturated rings. The highest BCUT2D eigenvalue weighted by Gasteiger charge is 2.11. The van der Waals surface area contributed by atoms with Crippen molar-refractivity contribution in [1.82, 2.24) is 14.8 Å². The zero-order valence-corrected chi connectivity index (χ0v) is 13.1. The van der Waals surface area contributed by atoms with Crippen molar-refractivity contribution in [2.24, 2.45) is 5.73 Å². The SMILES string of the molecule is CCC(N)Cc1ccc(-n2nc(C)c(Br)c2C)nc1. The molecule has 5 heteroatoms. The molecule has 2 heterocycles. The van der Waals surface area contributed by atoms with Crippen LogP contribution in [0.5, 0.6) is 0 Å². The molecule has 102 valence electrons. The molecule has 0 bridgehead atoms. The molecule has 4 nitrogen and oxygen atoms in total. The molecule has 0 saturated heterocycles. The topological polar surface area (TPSA) is 56.7 Å². The summed E-state index contributed by atoms with van der Waals surface area (Å²) < 4.78 is 2.88. The molecule has 0 saturated carbocycles. The normalized spacial score (nSPS) is 12.7. The van der Waals surface area contributed by atoms with Crippen LogP contribution in [-0.4, -0.2) is 20.8 Å². The number of pyridine rings is 1. The van der Waals surface area contributed by atoms with E-state index >= 15 is 0 Å². The van der Waals surface area contributed by atoms with Gasteiger partial charge in [0.05, 0.1) is 15.9 Å². The lowest BCUT2D eigenvalue weighted by molar-refractivity contribution is 0.644. The van der Waals surface area contributed by atoms with Gasteiger partial charge in [0.2, 0.25) is 0 Å². The van der Waals surface area contributed by atoms with Crippen LogP contribution in [-0.2, 0) is 6.42 Å². The van der Waals surface area contributed by atoms with Crippen molar-refractivity contribution in [2.45, 2.75) is 39.7 Å². The first-order valence-corrected chi connectivity index (χ1v) is 7.24. The molecule has 2 N–H and O–H groups in total. The van der Waals surface area contributed by atoms with Gasteiger partial charge in [-0.15, -0.1) is 0 Å². The summed E-state index contributed by atoms with van der Waals surface area (Å²) in [4.78, 5) is 4.48. The van der Waals surface area contributed by atoms with Gasteiger partial charge in [0.25, 0.3) is 0 Å². The van der Waals surface area contributed by atoms with Gasteiger partial charge in [0, 0.05) is 12.2 Å². The summed E-state index contributed by atoms with van der Waals surface area (Å²) in [6, 6.07) is 4.27. The molecule has 1 unspecified atom stereocenters. The first-order chi connectivity index (χ1) is 9.02. The molecule has 2 rings (SSSR count). The Morgan fingerprint density at radius 2 is 2.11 bits per heavy atom. The van der Waals surface area contributed by atoms with Crippen molar-refractivity contribution in [3.05, 3.63) is 39.8 Å². The van der Waals surface area contributed by atoms with Gasteiger partial charge in [-0.2, -0.15) is 5.10 Å². The maximum absolute atomic E-state index is 5.95. The average Bonchev–Trinajstić information content (AvgIpc) is 2.67. The number of nitrogens with two attached hydrogens (primary N) is 1. The zero-order valence-electron chi connectivity index (χ0n) is 11.5. The molecule has 0 aliphatic heterocycles. The second kappa shape index (κ2) is 5.84. The Kier molecular flexibility index (Phi) is 4.37. The van der Waals surface area contributed by atoms with Gasteiger partial charge >= 0.3 is 0 Å². The molecule has 0 aromatic carbocycles. The summed E-state index contributed by atoms with van der Waals surface area (Å²) in [5.41, 5.74) is 9.14. The van der Waals surface area contributed by atoms with Gasteiger partial charge in [-0.1, -0.05) is 13.0 Å². The van der Waals surface area contributed by atoms with E-state index in [1.807, 2.05) is 30.8 Å². The Morgan fingerprint density at radius 1 is 1.37 bits per heavy atom. The smallest absolute Gasteiger partial charge is 0.153 e. The fraction of sp³-hybridized carbons (Fsp3) is 0.429. The maximum atomic E-state index is 5.95. The minimum absolute atomic E-state index is 0.204. The van der Waals surface area contributed by atoms with Gasteiger partial charge in [-0.3, -0.25) is 0 Å². The van der Waals surface area contributed by atoms with Gasteiger partial charge in [-0.25, -0.2) is 9.67 Å². The fourth-order valence-electron chi connectivity index (χ4n) is 1.96. The number of nitrogens with zero attached hydrogens (tertiary/aromatic N) is 3.